The van der Waals surface area contributed by atoms with Gasteiger partial charge in [0.1, 0.15) is 17.5 Å². The minimum atomic E-state index is -0.193. The second-order valence-corrected chi connectivity index (χ2v) is 6.00. The van der Waals surface area contributed by atoms with E-state index in [2.05, 4.69) is 15.9 Å². The summed E-state index contributed by atoms with van der Waals surface area (Å²) >= 11 is 0. The summed E-state index contributed by atoms with van der Waals surface area (Å²) in [5.41, 5.74) is 2.12. The number of anilines is 1. The number of hydrogen-bond acceptors (Lipinski definition) is 5. The first-order valence-corrected chi connectivity index (χ1v) is 8.42. The van der Waals surface area contributed by atoms with Crippen molar-refractivity contribution in [3.63, 3.8) is 0 Å². The number of piperazine rings is 1. The summed E-state index contributed by atoms with van der Waals surface area (Å²) in [6.07, 6.45) is 0. The molecule has 25 heavy (non-hydrogen) atoms. The summed E-state index contributed by atoms with van der Waals surface area (Å²) < 4.78 is 10.8. The molecule has 2 aromatic rings. The van der Waals surface area contributed by atoms with Crippen LogP contribution in [0.15, 0.2) is 48.5 Å². The van der Waals surface area contributed by atoms with E-state index in [0.717, 1.165) is 48.9 Å². The molecule has 1 atom stereocenters. The van der Waals surface area contributed by atoms with Crippen molar-refractivity contribution in [2.24, 2.45) is 0 Å². The largest absolute Gasteiger partial charge is 0.497 e. The summed E-state index contributed by atoms with van der Waals surface area (Å²) in [6, 6.07) is 18.1. The summed E-state index contributed by atoms with van der Waals surface area (Å²) in [7, 11) is 3.33. The summed E-state index contributed by atoms with van der Waals surface area (Å²) in [5.74, 6) is 1.60. The van der Waals surface area contributed by atoms with E-state index in [0.29, 0.717) is 0 Å². The number of hydrogen-bond donors (Lipinski definition) is 0. The lowest BCUT2D eigenvalue weighted by Crippen LogP contribution is -2.47. The van der Waals surface area contributed by atoms with Crippen LogP contribution in [0.5, 0.6) is 11.5 Å². The molecule has 0 radical (unpaired) electrons. The van der Waals surface area contributed by atoms with Gasteiger partial charge in [-0.1, -0.05) is 30.3 Å². The molecular weight excluding hydrogens is 314 g/mol. The molecule has 0 bridgehead atoms. The van der Waals surface area contributed by atoms with Gasteiger partial charge in [0.2, 0.25) is 0 Å². The van der Waals surface area contributed by atoms with Gasteiger partial charge in [0.05, 0.1) is 26.0 Å². The van der Waals surface area contributed by atoms with Gasteiger partial charge in [-0.2, -0.15) is 5.26 Å². The fourth-order valence-corrected chi connectivity index (χ4v) is 3.27. The molecule has 1 aliphatic heterocycles. The van der Waals surface area contributed by atoms with Crippen LogP contribution in [-0.2, 0) is 0 Å². The van der Waals surface area contributed by atoms with E-state index in [1.165, 1.54) is 0 Å². The average Bonchev–Trinajstić information content (AvgIpc) is 2.69. The molecule has 1 unspecified atom stereocenters. The molecule has 0 saturated carbocycles. The van der Waals surface area contributed by atoms with Crippen molar-refractivity contribution in [1.82, 2.24) is 4.90 Å². The molecule has 5 nitrogen and oxygen atoms in total. The van der Waals surface area contributed by atoms with Crippen LogP contribution in [-0.4, -0.2) is 45.3 Å². The van der Waals surface area contributed by atoms with Gasteiger partial charge in [0.15, 0.2) is 0 Å². The van der Waals surface area contributed by atoms with Crippen molar-refractivity contribution >= 4 is 5.69 Å². The van der Waals surface area contributed by atoms with E-state index < -0.39 is 0 Å². The van der Waals surface area contributed by atoms with Gasteiger partial charge in [-0.15, -0.1) is 0 Å². The zero-order chi connectivity index (χ0) is 17.6. The molecule has 1 saturated heterocycles. The van der Waals surface area contributed by atoms with Crippen molar-refractivity contribution in [2.45, 2.75) is 6.04 Å². The minimum absolute atomic E-state index is 0.193. The van der Waals surface area contributed by atoms with E-state index in [-0.39, 0.29) is 6.04 Å². The van der Waals surface area contributed by atoms with Gasteiger partial charge in [-0.05, 0) is 17.7 Å². The van der Waals surface area contributed by atoms with E-state index in [1.54, 1.807) is 14.2 Å². The van der Waals surface area contributed by atoms with Crippen LogP contribution in [0.3, 0.4) is 0 Å². The molecule has 0 amide bonds. The normalized spacial score (nSPS) is 16.1. The Bertz CT molecular complexity index is 734. The van der Waals surface area contributed by atoms with Crippen LogP contribution in [0.25, 0.3) is 0 Å². The number of ether oxygens (including phenoxy) is 2. The van der Waals surface area contributed by atoms with E-state index in [4.69, 9.17) is 9.47 Å². The number of rotatable bonds is 5. The molecule has 0 spiro atoms. The lowest BCUT2D eigenvalue weighted by atomic mass is 10.1. The molecule has 5 heteroatoms. The van der Waals surface area contributed by atoms with E-state index >= 15 is 0 Å². The van der Waals surface area contributed by atoms with Gasteiger partial charge in [0.25, 0.3) is 0 Å². The first-order valence-electron chi connectivity index (χ1n) is 8.42. The Morgan fingerprint density at radius 1 is 0.960 bits per heavy atom. The molecular formula is C20H23N3O2. The lowest BCUT2D eigenvalue weighted by molar-refractivity contribution is 0.221. The maximum atomic E-state index is 9.62. The van der Waals surface area contributed by atoms with Crippen LogP contribution in [0, 0.1) is 11.3 Å². The second-order valence-electron chi connectivity index (χ2n) is 6.00. The van der Waals surface area contributed by atoms with Crippen molar-refractivity contribution in [3.8, 4) is 17.6 Å². The van der Waals surface area contributed by atoms with Crippen LogP contribution in [0.4, 0.5) is 5.69 Å². The predicted molar refractivity (Wildman–Crippen MR) is 98.1 cm³/mol. The number of nitrogens with zero attached hydrogens (tertiary/aromatic N) is 3. The third kappa shape index (κ3) is 3.70. The molecule has 1 heterocycles. The highest BCUT2D eigenvalue weighted by molar-refractivity contribution is 5.61. The monoisotopic (exact) mass is 337 g/mol. The van der Waals surface area contributed by atoms with Crippen molar-refractivity contribution in [2.75, 3.05) is 45.3 Å². The SMILES string of the molecule is COc1ccc(N2CCN(C(C#N)c3ccccc3)CC2)c(OC)c1. The Labute approximate surface area is 149 Å². The molecule has 0 aromatic heterocycles. The topological polar surface area (TPSA) is 48.7 Å². The Balaban J connectivity index is 1.71. The minimum Gasteiger partial charge on any atom is -0.497 e. The molecule has 130 valence electrons. The number of methoxy groups -OCH3 is 2. The van der Waals surface area contributed by atoms with Crippen molar-refractivity contribution in [1.29, 1.82) is 5.26 Å². The molecule has 3 rings (SSSR count). The standard InChI is InChI=1S/C20H23N3O2/c1-24-17-8-9-18(20(14-17)25-2)22-10-12-23(13-11-22)19(15-21)16-6-4-3-5-7-16/h3-9,14,19H,10-13H2,1-2H3. The predicted octanol–water partition coefficient (Wildman–Crippen LogP) is 3.09. The summed E-state index contributed by atoms with van der Waals surface area (Å²) in [5, 5.41) is 9.62. The highest BCUT2D eigenvalue weighted by atomic mass is 16.5. The van der Waals surface area contributed by atoms with E-state index in [9.17, 15) is 5.26 Å². The van der Waals surface area contributed by atoms with Gasteiger partial charge in [-0.25, -0.2) is 0 Å². The Kier molecular flexibility index (Phi) is 5.42. The van der Waals surface area contributed by atoms with Crippen LogP contribution < -0.4 is 14.4 Å². The fraction of sp³-hybridized carbons (Fsp3) is 0.350. The molecule has 0 aliphatic carbocycles. The van der Waals surface area contributed by atoms with Crippen molar-refractivity contribution < 1.29 is 9.47 Å². The van der Waals surface area contributed by atoms with Gasteiger partial charge < -0.3 is 14.4 Å². The highest BCUT2D eigenvalue weighted by Gasteiger charge is 2.26. The van der Waals surface area contributed by atoms with Crippen LogP contribution in [0.1, 0.15) is 11.6 Å². The van der Waals surface area contributed by atoms with Crippen LogP contribution >= 0.6 is 0 Å². The van der Waals surface area contributed by atoms with Gasteiger partial charge in [0, 0.05) is 32.2 Å². The molecule has 1 aliphatic rings. The van der Waals surface area contributed by atoms with Gasteiger partial charge >= 0.3 is 0 Å². The summed E-state index contributed by atoms with van der Waals surface area (Å²) in [6.45, 7) is 3.38. The summed E-state index contributed by atoms with van der Waals surface area (Å²) in [4.78, 5) is 4.54. The second kappa shape index (κ2) is 7.91. The van der Waals surface area contributed by atoms with Crippen LogP contribution in [0.2, 0.25) is 0 Å². The molecule has 0 N–H and O–H groups in total. The maximum Gasteiger partial charge on any atom is 0.145 e. The Morgan fingerprint density at radius 2 is 1.68 bits per heavy atom. The fourth-order valence-electron chi connectivity index (χ4n) is 3.27. The third-order valence-corrected chi connectivity index (χ3v) is 4.64. The first kappa shape index (κ1) is 17.1. The van der Waals surface area contributed by atoms with E-state index in [1.807, 2.05) is 48.5 Å². The first-order chi connectivity index (χ1) is 12.3. The maximum absolute atomic E-state index is 9.62. The van der Waals surface area contributed by atoms with Crippen molar-refractivity contribution in [3.05, 3.63) is 54.1 Å². The number of nitriles is 1. The Hall–Kier alpha value is -2.71. The highest BCUT2D eigenvalue weighted by Crippen LogP contribution is 2.33. The van der Waals surface area contributed by atoms with Gasteiger partial charge in [-0.3, -0.25) is 4.90 Å². The average molecular weight is 337 g/mol. The lowest BCUT2D eigenvalue weighted by Gasteiger charge is -2.38. The molecule has 1 fully saturated rings. The quantitative estimate of drug-likeness (QED) is 0.839. The Morgan fingerprint density at radius 3 is 2.28 bits per heavy atom. The third-order valence-electron chi connectivity index (χ3n) is 4.64. The zero-order valence-corrected chi connectivity index (χ0v) is 14.7. The smallest absolute Gasteiger partial charge is 0.145 e. The number of benzene rings is 2. The molecule has 2 aromatic carbocycles. The zero-order valence-electron chi connectivity index (χ0n) is 14.7.